The van der Waals surface area contributed by atoms with Crippen LogP contribution in [0.1, 0.15) is 80.2 Å². The summed E-state index contributed by atoms with van der Waals surface area (Å²) in [4.78, 5) is 13.0. The number of benzene rings is 1. The average molecular weight is 579 g/mol. The Balaban J connectivity index is 1.67. The zero-order valence-corrected chi connectivity index (χ0v) is 26.9. The molecule has 0 aliphatic carbocycles. The predicted octanol–water partition coefficient (Wildman–Crippen LogP) is 5.85. The van der Waals surface area contributed by atoms with Gasteiger partial charge in [0.15, 0.2) is 6.10 Å². The van der Waals surface area contributed by atoms with Crippen LogP contribution in [0.2, 0.25) is 10.1 Å². The highest BCUT2D eigenvalue weighted by atomic mass is 28.4. The van der Waals surface area contributed by atoms with Crippen molar-refractivity contribution in [3.05, 3.63) is 42.0 Å². The molecule has 2 saturated heterocycles. The number of carbonyl (C=O) groups excluding carboxylic acids is 1. The molecule has 0 radical (unpaired) electrons. The van der Waals surface area contributed by atoms with Gasteiger partial charge in [-0.25, -0.2) is 0 Å². The first-order chi connectivity index (χ1) is 18.5. The van der Waals surface area contributed by atoms with Crippen LogP contribution in [0.5, 0.6) is 5.75 Å². The molecule has 8 nitrogen and oxygen atoms in total. The van der Waals surface area contributed by atoms with Crippen LogP contribution in [0.3, 0.4) is 0 Å². The molecule has 0 unspecified atom stereocenters. The molecule has 2 fully saturated rings. The summed E-state index contributed by atoms with van der Waals surface area (Å²) in [6, 6.07) is 7.67. The van der Waals surface area contributed by atoms with Gasteiger partial charge in [0.25, 0.3) is 0 Å². The zero-order chi connectivity index (χ0) is 29.9. The first kappa shape index (κ1) is 32.8. The number of aliphatic hydroxyl groups is 1. The van der Waals surface area contributed by atoms with Gasteiger partial charge in [-0.15, -0.1) is 6.58 Å². The summed E-state index contributed by atoms with van der Waals surface area (Å²) in [6.45, 7) is 21.7. The Kier molecular flexibility index (Phi) is 10.3. The smallest absolute Gasteiger partial charge is 0.349 e. The van der Waals surface area contributed by atoms with Crippen LogP contribution in [0, 0.1) is 0 Å². The molecule has 0 spiro atoms. The van der Waals surface area contributed by atoms with E-state index >= 15 is 0 Å². The molecular formula is C31H50O8Si. The summed E-state index contributed by atoms with van der Waals surface area (Å²) in [5.41, 5.74) is 0.925. The number of methoxy groups -OCH3 is 1. The summed E-state index contributed by atoms with van der Waals surface area (Å²) in [6.07, 6.45) is -2.04. The van der Waals surface area contributed by atoms with Crippen molar-refractivity contribution in [2.45, 2.75) is 121 Å². The third-order valence-corrected chi connectivity index (χ3v) is 12.9. The number of carbonyl (C=O) groups is 1. The lowest BCUT2D eigenvalue weighted by atomic mass is 9.82. The van der Waals surface area contributed by atoms with Gasteiger partial charge in [-0.2, -0.15) is 0 Å². The Morgan fingerprint density at radius 1 is 1.15 bits per heavy atom. The molecule has 0 aromatic heterocycles. The molecular weight excluding hydrogens is 528 g/mol. The summed E-state index contributed by atoms with van der Waals surface area (Å²) in [5.74, 6) is 0.385. The van der Waals surface area contributed by atoms with Crippen LogP contribution in [-0.2, 0) is 34.5 Å². The maximum absolute atomic E-state index is 13.0. The predicted molar refractivity (Wildman–Crippen MR) is 156 cm³/mol. The van der Waals surface area contributed by atoms with Gasteiger partial charge in [0.05, 0.1) is 20.3 Å². The van der Waals surface area contributed by atoms with Gasteiger partial charge in [-0.3, -0.25) is 4.79 Å². The van der Waals surface area contributed by atoms with E-state index in [0.29, 0.717) is 32.7 Å². The summed E-state index contributed by atoms with van der Waals surface area (Å²) in [5, 5.41) is 11.2. The monoisotopic (exact) mass is 578 g/mol. The lowest BCUT2D eigenvalue weighted by molar-refractivity contribution is -0.283. The van der Waals surface area contributed by atoms with Crippen LogP contribution in [0.25, 0.3) is 0 Å². The highest BCUT2D eigenvalue weighted by Crippen LogP contribution is 2.55. The van der Waals surface area contributed by atoms with E-state index in [-0.39, 0.29) is 16.5 Å². The number of ether oxygens (including phenoxy) is 4. The summed E-state index contributed by atoms with van der Waals surface area (Å²) >= 11 is 0. The van der Waals surface area contributed by atoms with E-state index in [9.17, 15) is 9.90 Å². The molecule has 2 heterocycles. The molecule has 2 aliphatic heterocycles. The minimum absolute atomic E-state index is 0.162. The van der Waals surface area contributed by atoms with Crippen molar-refractivity contribution >= 4 is 14.5 Å². The maximum Gasteiger partial charge on any atom is 0.349 e. The maximum atomic E-state index is 13.0. The van der Waals surface area contributed by atoms with Gasteiger partial charge in [0.1, 0.15) is 29.7 Å². The largest absolute Gasteiger partial charge is 0.497 e. The van der Waals surface area contributed by atoms with Crippen LogP contribution < -0.4 is 4.74 Å². The highest BCUT2D eigenvalue weighted by molar-refractivity contribution is 6.73. The van der Waals surface area contributed by atoms with E-state index in [2.05, 4.69) is 48.1 Å². The molecule has 1 aromatic rings. The highest BCUT2D eigenvalue weighted by Gasteiger charge is 2.66. The molecule has 0 saturated carbocycles. The van der Waals surface area contributed by atoms with Crippen molar-refractivity contribution in [2.24, 2.45) is 0 Å². The van der Waals surface area contributed by atoms with E-state index in [1.54, 1.807) is 7.11 Å². The Labute approximate surface area is 241 Å². The Morgan fingerprint density at radius 3 is 2.33 bits per heavy atom. The van der Waals surface area contributed by atoms with Crippen molar-refractivity contribution in [2.75, 3.05) is 20.3 Å². The van der Waals surface area contributed by atoms with E-state index in [4.69, 9.17) is 27.8 Å². The quantitative estimate of drug-likeness (QED) is 0.160. The normalized spacial score (nSPS) is 28.4. The molecule has 9 heteroatoms. The number of hydrogen-bond donors (Lipinski definition) is 1. The molecule has 1 N–H and O–H groups in total. The molecule has 40 heavy (non-hydrogen) atoms. The van der Waals surface area contributed by atoms with Crippen LogP contribution >= 0.6 is 0 Å². The Bertz CT molecular complexity index is 998. The number of aliphatic hydroxyl groups excluding tert-OH is 1. The first-order valence-corrected chi connectivity index (χ1v) is 16.1. The van der Waals surface area contributed by atoms with Gasteiger partial charge in [-0.1, -0.05) is 59.2 Å². The van der Waals surface area contributed by atoms with Crippen molar-refractivity contribution in [3.63, 3.8) is 0 Å². The van der Waals surface area contributed by atoms with Crippen molar-refractivity contribution in [1.29, 1.82) is 0 Å². The zero-order valence-electron chi connectivity index (χ0n) is 25.9. The average Bonchev–Trinajstić information content (AvgIpc) is 2.84. The second-order valence-electron chi connectivity index (χ2n) is 13.5. The van der Waals surface area contributed by atoms with E-state index in [1.165, 1.54) is 0 Å². The van der Waals surface area contributed by atoms with Crippen molar-refractivity contribution in [3.8, 4) is 5.75 Å². The van der Waals surface area contributed by atoms with Gasteiger partial charge >= 0.3 is 14.5 Å². The molecule has 0 bridgehead atoms. The second kappa shape index (κ2) is 12.6. The van der Waals surface area contributed by atoms with E-state index in [1.807, 2.05) is 38.1 Å². The minimum Gasteiger partial charge on any atom is -0.497 e. The number of rotatable bonds is 10. The van der Waals surface area contributed by atoms with Crippen LogP contribution in [-0.4, -0.2) is 70.0 Å². The number of esters is 1. The van der Waals surface area contributed by atoms with Crippen molar-refractivity contribution < 1.29 is 37.7 Å². The second-order valence-corrected chi connectivity index (χ2v) is 18.3. The molecule has 3 rings (SSSR count). The standard InChI is InChI=1S/C31H50O8Si/c1-21(2)18-31(9)28(37-25(32)12-11-17-35-19-22-13-15-23(34-10)16-14-22)26(33)27-24(38-31)20-36-40(39-27,29(3,4)5)30(6,7)8/h13-16,24,26-28,33H,1,11-12,17-20H2,2-10H3/t24-,26+,27-,28-,31+/m1/s1. The van der Waals surface area contributed by atoms with Crippen molar-refractivity contribution in [1.82, 2.24) is 0 Å². The molecule has 0 amide bonds. The molecule has 226 valence electrons. The molecule has 1 aromatic carbocycles. The topological polar surface area (TPSA) is 92.7 Å². The van der Waals surface area contributed by atoms with Gasteiger partial charge in [-0.05, 0) is 38.0 Å². The fraction of sp³-hybridized carbons (Fsp3) is 0.710. The van der Waals surface area contributed by atoms with Gasteiger partial charge in [0.2, 0.25) is 0 Å². The van der Waals surface area contributed by atoms with Crippen LogP contribution in [0.4, 0.5) is 0 Å². The number of hydrogen-bond acceptors (Lipinski definition) is 8. The number of fused-ring (bicyclic) bond motifs is 1. The minimum atomic E-state index is -2.87. The fourth-order valence-corrected chi connectivity index (χ4v) is 11.2. The van der Waals surface area contributed by atoms with Gasteiger partial charge < -0.3 is 32.9 Å². The third-order valence-electron chi connectivity index (χ3n) is 7.77. The van der Waals surface area contributed by atoms with Crippen LogP contribution in [0.15, 0.2) is 36.4 Å². The third kappa shape index (κ3) is 7.17. The molecule has 2 aliphatic rings. The first-order valence-electron chi connectivity index (χ1n) is 14.3. The SMILES string of the molecule is C=C(C)C[C@]1(C)O[C@@H]2CO[Si](C(C)(C)C)(C(C)(C)C)O[C@H]2[C@H](O)[C@H]1OC(=O)CCCOCc1ccc(OC)cc1. The Morgan fingerprint density at radius 2 is 1.77 bits per heavy atom. The Hall–Kier alpha value is -1.75. The lowest BCUT2D eigenvalue weighted by Crippen LogP contribution is -2.73. The lowest BCUT2D eigenvalue weighted by Gasteiger charge is -2.59. The summed E-state index contributed by atoms with van der Waals surface area (Å²) in [7, 11) is -1.24. The fourth-order valence-electron chi connectivity index (χ4n) is 6.21. The molecule has 5 atom stereocenters. The summed E-state index contributed by atoms with van der Waals surface area (Å²) < 4.78 is 36.8. The van der Waals surface area contributed by atoms with E-state index in [0.717, 1.165) is 16.9 Å². The van der Waals surface area contributed by atoms with Gasteiger partial charge in [0, 0.05) is 29.5 Å². The van der Waals surface area contributed by atoms with E-state index < -0.39 is 44.5 Å².